The number of hydrogen-bond donors (Lipinski definition) is 1. The highest BCUT2D eigenvalue weighted by Crippen LogP contribution is 2.31. The van der Waals surface area contributed by atoms with Crippen LogP contribution in [0.5, 0.6) is 11.5 Å². The van der Waals surface area contributed by atoms with E-state index in [4.69, 9.17) is 9.47 Å². The van der Waals surface area contributed by atoms with Gasteiger partial charge in [-0.25, -0.2) is 0 Å². The van der Waals surface area contributed by atoms with Gasteiger partial charge in [-0.2, -0.15) is 0 Å². The van der Waals surface area contributed by atoms with E-state index in [-0.39, 0.29) is 0 Å². The molecule has 0 aromatic heterocycles. The summed E-state index contributed by atoms with van der Waals surface area (Å²) in [5.41, 5.74) is 1.27. The van der Waals surface area contributed by atoms with E-state index >= 15 is 0 Å². The highest BCUT2D eigenvalue weighted by Gasteiger charge is 2.15. The molecule has 0 saturated carbocycles. The normalized spacial score (nSPS) is 19.3. The van der Waals surface area contributed by atoms with Crippen LogP contribution in [0.25, 0.3) is 0 Å². The Labute approximate surface area is 128 Å². The van der Waals surface area contributed by atoms with E-state index < -0.39 is 0 Å². The molecule has 0 spiro atoms. The van der Waals surface area contributed by atoms with Crippen molar-refractivity contribution >= 4 is 0 Å². The summed E-state index contributed by atoms with van der Waals surface area (Å²) in [6.07, 6.45) is 9.40. The molecule has 3 heteroatoms. The van der Waals surface area contributed by atoms with Gasteiger partial charge in [-0.3, -0.25) is 0 Å². The van der Waals surface area contributed by atoms with E-state index in [0.717, 1.165) is 30.4 Å². The summed E-state index contributed by atoms with van der Waals surface area (Å²) in [5, 5.41) is 3.71. The minimum Gasteiger partial charge on any atom is -0.493 e. The molecule has 1 aliphatic rings. The number of allylic oxidation sites excluding steroid dienone is 2. The van der Waals surface area contributed by atoms with Gasteiger partial charge in [-0.1, -0.05) is 25.1 Å². The van der Waals surface area contributed by atoms with Gasteiger partial charge in [0.25, 0.3) is 0 Å². The SMILES string of the molecule is CCC(NCC1CC=CCC1)c1ccc(OC)c(OC)c1. The number of ether oxygens (including phenoxy) is 2. The van der Waals surface area contributed by atoms with Crippen molar-refractivity contribution in [2.24, 2.45) is 5.92 Å². The van der Waals surface area contributed by atoms with Crippen LogP contribution in [0.3, 0.4) is 0 Å². The lowest BCUT2D eigenvalue weighted by molar-refractivity contribution is 0.352. The van der Waals surface area contributed by atoms with Crippen LogP contribution >= 0.6 is 0 Å². The van der Waals surface area contributed by atoms with Gasteiger partial charge in [0.1, 0.15) is 0 Å². The Kier molecular flexibility index (Phi) is 6.12. The second-order valence-corrected chi connectivity index (χ2v) is 5.63. The minimum atomic E-state index is 0.371. The van der Waals surface area contributed by atoms with Crippen LogP contribution in [0.4, 0.5) is 0 Å². The van der Waals surface area contributed by atoms with Crippen molar-refractivity contribution in [2.75, 3.05) is 20.8 Å². The van der Waals surface area contributed by atoms with Crippen molar-refractivity contribution in [3.63, 3.8) is 0 Å². The summed E-state index contributed by atoms with van der Waals surface area (Å²) >= 11 is 0. The smallest absolute Gasteiger partial charge is 0.161 e. The van der Waals surface area contributed by atoms with Crippen LogP contribution < -0.4 is 14.8 Å². The number of benzene rings is 1. The maximum Gasteiger partial charge on any atom is 0.161 e. The van der Waals surface area contributed by atoms with Crippen molar-refractivity contribution in [1.29, 1.82) is 0 Å². The maximum atomic E-state index is 5.40. The van der Waals surface area contributed by atoms with Gasteiger partial charge >= 0.3 is 0 Å². The number of methoxy groups -OCH3 is 2. The molecule has 2 atom stereocenters. The van der Waals surface area contributed by atoms with Crippen LogP contribution in [-0.2, 0) is 0 Å². The Bertz CT molecular complexity index is 470. The number of hydrogen-bond acceptors (Lipinski definition) is 3. The average Bonchev–Trinajstić information content (AvgIpc) is 2.56. The second-order valence-electron chi connectivity index (χ2n) is 5.63. The first-order chi connectivity index (χ1) is 10.3. The predicted octanol–water partition coefficient (Wildman–Crippen LogP) is 4.10. The molecule has 0 heterocycles. The van der Waals surface area contributed by atoms with Crippen LogP contribution in [0.15, 0.2) is 30.4 Å². The summed E-state index contributed by atoms with van der Waals surface area (Å²) < 4.78 is 10.7. The molecule has 2 rings (SSSR count). The predicted molar refractivity (Wildman–Crippen MR) is 87.1 cm³/mol. The van der Waals surface area contributed by atoms with E-state index in [1.807, 2.05) is 6.07 Å². The maximum absolute atomic E-state index is 5.40. The van der Waals surface area contributed by atoms with Crippen LogP contribution in [0.2, 0.25) is 0 Å². The Morgan fingerprint density at radius 3 is 2.62 bits per heavy atom. The van der Waals surface area contributed by atoms with Crippen molar-refractivity contribution < 1.29 is 9.47 Å². The van der Waals surface area contributed by atoms with Crippen LogP contribution in [-0.4, -0.2) is 20.8 Å². The molecule has 1 N–H and O–H groups in total. The molecule has 0 saturated heterocycles. The quantitative estimate of drug-likeness (QED) is 0.767. The summed E-state index contributed by atoms with van der Waals surface area (Å²) in [4.78, 5) is 0. The van der Waals surface area contributed by atoms with E-state index in [1.54, 1.807) is 14.2 Å². The molecule has 2 unspecified atom stereocenters. The molecule has 1 aliphatic carbocycles. The second kappa shape index (κ2) is 8.08. The lowest BCUT2D eigenvalue weighted by Gasteiger charge is -2.24. The zero-order valence-electron chi connectivity index (χ0n) is 13.4. The molecule has 0 aliphatic heterocycles. The molecule has 0 radical (unpaired) electrons. The first-order valence-corrected chi connectivity index (χ1v) is 7.88. The van der Waals surface area contributed by atoms with Crippen molar-refractivity contribution in [2.45, 2.75) is 38.6 Å². The monoisotopic (exact) mass is 289 g/mol. The minimum absolute atomic E-state index is 0.371. The van der Waals surface area contributed by atoms with E-state index in [1.165, 1.54) is 24.8 Å². The fraction of sp³-hybridized carbons (Fsp3) is 0.556. The zero-order valence-corrected chi connectivity index (χ0v) is 13.4. The van der Waals surface area contributed by atoms with Gasteiger partial charge in [0.05, 0.1) is 14.2 Å². The molecular formula is C18H27NO2. The fourth-order valence-electron chi connectivity index (χ4n) is 2.92. The third-order valence-electron chi connectivity index (χ3n) is 4.25. The topological polar surface area (TPSA) is 30.5 Å². The van der Waals surface area contributed by atoms with E-state index in [0.29, 0.717) is 6.04 Å². The first kappa shape index (κ1) is 15.9. The summed E-state index contributed by atoms with van der Waals surface area (Å²) in [6, 6.07) is 6.57. The van der Waals surface area contributed by atoms with E-state index in [9.17, 15) is 0 Å². The lowest BCUT2D eigenvalue weighted by atomic mass is 9.93. The van der Waals surface area contributed by atoms with Gasteiger partial charge in [-0.15, -0.1) is 0 Å². The third kappa shape index (κ3) is 4.24. The molecule has 0 bridgehead atoms. The van der Waals surface area contributed by atoms with Gasteiger partial charge in [0, 0.05) is 6.04 Å². The van der Waals surface area contributed by atoms with E-state index in [2.05, 4.69) is 36.5 Å². The molecule has 3 nitrogen and oxygen atoms in total. The molecule has 21 heavy (non-hydrogen) atoms. The first-order valence-electron chi connectivity index (χ1n) is 7.88. The number of nitrogens with one attached hydrogen (secondary N) is 1. The highest BCUT2D eigenvalue weighted by atomic mass is 16.5. The van der Waals surface area contributed by atoms with Gasteiger partial charge in [0.2, 0.25) is 0 Å². The summed E-state index contributed by atoms with van der Waals surface area (Å²) in [6.45, 7) is 3.30. The Morgan fingerprint density at radius 2 is 2.00 bits per heavy atom. The Balaban J connectivity index is 2.01. The number of rotatable bonds is 7. The van der Waals surface area contributed by atoms with Gasteiger partial charge in [-0.05, 0) is 55.8 Å². The molecule has 0 fully saturated rings. The summed E-state index contributed by atoms with van der Waals surface area (Å²) in [7, 11) is 3.36. The molecule has 1 aromatic carbocycles. The highest BCUT2D eigenvalue weighted by molar-refractivity contribution is 5.43. The molecular weight excluding hydrogens is 262 g/mol. The molecule has 0 amide bonds. The van der Waals surface area contributed by atoms with Crippen molar-refractivity contribution in [3.05, 3.63) is 35.9 Å². The van der Waals surface area contributed by atoms with Gasteiger partial charge in [0.15, 0.2) is 11.5 Å². The van der Waals surface area contributed by atoms with Crippen molar-refractivity contribution in [3.8, 4) is 11.5 Å². The molecule has 1 aromatic rings. The average molecular weight is 289 g/mol. The molecule has 116 valence electrons. The van der Waals surface area contributed by atoms with Crippen LogP contribution in [0.1, 0.15) is 44.2 Å². The third-order valence-corrected chi connectivity index (χ3v) is 4.25. The zero-order chi connectivity index (χ0) is 15.1. The van der Waals surface area contributed by atoms with Crippen LogP contribution in [0, 0.1) is 5.92 Å². The summed E-state index contributed by atoms with van der Waals surface area (Å²) in [5.74, 6) is 2.36. The fourth-order valence-corrected chi connectivity index (χ4v) is 2.92. The van der Waals surface area contributed by atoms with Crippen molar-refractivity contribution in [1.82, 2.24) is 5.32 Å². The Hall–Kier alpha value is -1.48. The largest absolute Gasteiger partial charge is 0.493 e. The Morgan fingerprint density at radius 1 is 1.19 bits per heavy atom. The standard InChI is InChI=1S/C18H27NO2/c1-4-16(19-13-14-8-6-5-7-9-14)15-10-11-17(20-2)18(12-15)21-3/h5-6,10-12,14,16,19H,4,7-9,13H2,1-3H3. The van der Waals surface area contributed by atoms with Gasteiger partial charge < -0.3 is 14.8 Å². The lowest BCUT2D eigenvalue weighted by Crippen LogP contribution is -2.27.